The van der Waals surface area contributed by atoms with E-state index in [0.29, 0.717) is 22.2 Å². The van der Waals surface area contributed by atoms with Gasteiger partial charge in [-0.1, -0.05) is 52.5 Å². The van der Waals surface area contributed by atoms with Gasteiger partial charge in [-0.15, -0.1) is 0 Å². The number of hydrogen-bond acceptors (Lipinski definition) is 4. The van der Waals surface area contributed by atoms with Gasteiger partial charge in [-0.25, -0.2) is 8.42 Å². The highest BCUT2D eigenvalue weighted by Crippen LogP contribution is 2.31. The molecule has 2 amide bonds. The molecule has 180 valence electrons. The standard InChI is InChI=1S/C21H23Cl4N3O4S/c1-4-26-21(30)13(2)27(11-15-16(23)6-5-7-17(15)24)20(29)12-28(33(3,31)32)19-10-14(22)8-9-18(19)25/h5-10,13H,4,11-12H2,1-3H3,(H,26,30)/t13-/m1/s1. The number of nitrogens with zero attached hydrogens (tertiary/aromatic N) is 2. The largest absolute Gasteiger partial charge is 0.355 e. The van der Waals surface area contributed by atoms with Gasteiger partial charge >= 0.3 is 0 Å². The Morgan fingerprint density at radius 2 is 1.64 bits per heavy atom. The summed E-state index contributed by atoms with van der Waals surface area (Å²) >= 11 is 24.8. The number of benzene rings is 2. The summed E-state index contributed by atoms with van der Waals surface area (Å²) in [5, 5.41) is 3.61. The smallest absolute Gasteiger partial charge is 0.244 e. The summed E-state index contributed by atoms with van der Waals surface area (Å²) in [4.78, 5) is 27.2. The van der Waals surface area contributed by atoms with E-state index in [2.05, 4.69) is 5.32 Å². The minimum absolute atomic E-state index is 0.0430. The molecule has 1 N–H and O–H groups in total. The first kappa shape index (κ1) is 27.5. The molecule has 1 atom stereocenters. The van der Waals surface area contributed by atoms with Crippen LogP contribution in [0.3, 0.4) is 0 Å². The lowest BCUT2D eigenvalue weighted by Crippen LogP contribution is -2.51. The highest BCUT2D eigenvalue weighted by atomic mass is 35.5. The van der Waals surface area contributed by atoms with Gasteiger partial charge in [-0.05, 0) is 44.2 Å². The van der Waals surface area contributed by atoms with Crippen molar-refractivity contribution in [3.8, 4) is 0 Å². The molecule has 0 aromatic heterocycles. The van der Waals surface area contributed by atoms with Crippen molar-refractivity contribution in [2.45, 2.75) is 26.4 Å². The predicted molar refractivity (Wildman–Crippen MR) is 134 cm³/mol. The second-order valence-electron chi connectivity index (χ2n) is 7.16. The van der Waals surface area contributed by atoms with Gasteiger partial charge in [0.05, 0.1) is 17.0 Å². The van der Waals surface area contributed by atoms with E-state index in [1.165, 1.54) is 30.0 Å². The maximum atomic E-state index is 13.4. The SMILES string of the molecule is CCNC(=O)[C@@H](C)N(Cc1c(Cl)cccc1Cl)C(=O)CN(c1cc(Cl)ccc1Cl)S(C)(=O)=O. The number of hydrogen-bond donors (Lipinski definition) is 1. The van der Waals surface area contributed by atoms with Crippen LogP contribution in [-0.4, -0.2) is 50.5 Å². The third-order valence-electron chi connectivity index (χ3n) is 4.76. The van der Waals surface area contributed by atoms with E-state index in [9.17, 15) is 18.0 Å². The molecule has 0 heterocycles. The molecular weight excluding hydrogens is 532 g/mol. The van der Waals surface area contributed by atoms with E-state index >= 15 is 0 Å². The van der Waals surface area contributed by atoms with Crippen molar-refractivity contribution >= 4 is 73.9 Å². The average Bonchev–Trinajstić information content (AvgIpc) is 2.72. The van der Waals surface area contributed by atoms with Crippen LogP contribution in [0.5, 0.6) is 0 Å². The third-order valence-corrected chi connectivity index (χ3v) is 7.15. The molecule has 0 saturated heterocycles. The quantitative estimate of drug-likeness (QED) is 0.490. The van der Waals surface area contributed by atoms with Gasteiger partial charge in [-0.2, -0.15) is 0 Å². The molecule has 0 aliphatic rings. The Kier molecular flexibility index (Phi) is 9.70. The Balaban J connectivity index is 2.49. The molecule has 2 aromatic rings. The monoisotopic (exact) mass is 553 g/mol. The molecule has 0 saturated carbocycles. The fourth-order valence-electron chi connectivity index (χ4n) is 3.03. The van der Waals surface area contributed by atoms with Gasteiger partial charge in [0.1, 0.15) is 12.6 Å². The van der Waals surface area contributed by atoms with Crippen molar-refractivity contribution in [3.05, 3.63) is 62.1 Å². The van der Waals surface area contributed by atoms with E-state index < -0.39 is 34.4 Å². The van der Waals surface area contributed by atoms with E-state index in [1.807, 2.05) is 0 Å². The van der Waals surface area contributed by atoms with Gasteiger partial charge in [0, 0.05) is 33.7 Å². The number of halogens is 4. The lowest BCUT2D eigenvalue weighted by atomic mass is 10.1. The summed E-state index contributed by atoms with van der Waals surface area (Å²) in [6, 6.07) is 8.20. The molecule has 0 aliphatic heterocycles. The van der Waals surface area contributed by atoms with Crippen LogP contribution in [0, 0.1) is 0 Å². The van der Waals surface area contributed by atoms with Crippen LogP contribution >= 0.6 is 46.4 Å². The molecule has 0 fully saturated rings. The summed E-state index contributed by atoms with van der Waals surface area (Å²) in [5.74, 6) is -1.08. The molecular formula is C21H23Cl4N3O4S. The number of likely N-dealkylation sites (N-methyl/N-ethyl adjacent to an activating group) is 1. The van der Waals surface area contributed by atoms with Crippen LogP contribution < -0.4 is 9.62 Å². The van der Waals surface area contributed by atoms with Crippen molar-refractivity contribution < 1.29 is 18.0 Å². The molecule has 0 aliphatic carbocycles. The average molecular weight is 555 g/mol. The van der Waals surface area contributed by atoms with E-state index in [1.54, 1.807) is 25.1 Å². The molecule has 12 heteroatoms. The topological polar surface area (TPSA) is 86.8 Å². The number of nitrogens with one attached hydrogen (secondary N) is 1. The molecule has 0 spiro atoms. The number of rotatable bonds is 9. The number of amides is 2. The van der Waals surface area contributed by atoms with Crippen LogP contribution in [0.4, 0.5) is 5.69 Å². The Morgan fingerprint density at radius 3 is 2.18 bits per heavy atom. The Morgan fingerprint density at radius 1 is 1.03 bits per heavy atom. The Bertz CT molecular complexity index is 1120. The van der Waals surface area contributed by atoms with Crippen molar-refractivity contribution in [2.75, 3.05) is 23.7 Å². The van der Waals surface area contributed by atoms with Crippen molar-refractivity contribution in [1.82, 2.24) is 10.2 Å². The van der Waals surface area contributed by atoms with Gasteiger partial charge in [0.25, 0.3) is 0 Å². The van der Waals surface area contributed by atoms with E-state index in [0.717, 1.165) is 10.6 Å². The summed E-state index contributed by atoms with van der Waals surface area (Å²) < 4.78 is 26.0. The lowest BCUT2D eigenvalue weighted by molar-refractivity contribution is -0.139. The zero-order chi connectivity index (χ0) is 24.9. The second kappa shape index (κ2) is 11.6. The fraction of sp³-hybridized carbons (Fsp3) is 0.333. The van der Waals surface area contributed by atoms with Crippen LogP contribution in [0.25, 0.3) is 0 Å². The van der Waals surface area contributed by atoms with Gasteiger partial charge in [0.2, 0.25) is 21.8 Å². The summed E-state index contributed by atoms with van der Waals surface area (Å²) in [5.41, 5.74) is 0.471. The normalized spacial score (nSPS) is 12.2. The Labute approximate surface area is 213 Å². The first-order chi connectivity index (χ1) is 15.4. The molecule has 2 aromatic carbocycles. The number of sulfonamides is 1. The minimum atomic E-state index is -3.94. The maximum Gasteiger partial charge on any atom is 0.244 e. The summed E-state index contributed by atoms with van der Waals surface area (Å²) in [7, 11) is -3.94. The van der Waals surface area contributed by atoms with Gasteiger partial charge in [0.15, 0.2) is 0 Å². The molecule has 33 heavy (non-hydrogen) atoms. The van der Waals surface area contributed by atoms with E-state index in [-0.39, 0.29) is 22.3 Å². The Hall–Kier alpha value is -1.71. The molecule has 0 bridgehead atoms. The number of carbonyl (C=O) groups is 2. The minimum Gasteiger partial charge on any atom is -0.355 e. The van der Waals surface area contributed by atoms with Crippen LogP contribution in [0.1, 0.15) is 19.4 Å². The number of carbonyl (C=O) groups excluding carboxylic acids is 2. The van der Waals surface area contributed by atoms with Gasteiger partial charge in [-0.3, -0.25) is 13.9 Å². The molecule has 2 rings (SSSR count). The zero-order valence-corrected chi connectivity index (χ0v) is 22.0. The van der Waals surface area contributed by atoms with Crippen molar-refractivity contribution in [3.63, 3.8) is 0 Å². The van der Waals surface area contributed by atoms with Crippen LogP contribution in [0.2, 0.25) is 20.1 Å². The summed E-state index contributed by atoms with van der Waals surface area (Å²) in [6.07, 6.45) is 0.944. The van der Waals surface area contributed by atoms with Crippen molar-refractivity contribution in [1.29, 1.82) is 0 Å². The molecule has 0 unspecified atom stereocenters. The molecule has 7 nitrogen and oxygen atoms in total. The first-order valence-electron chi connectivity index (χ1n) is 9.79. The third kappa shape index (κ3) is 7.13. The van der Waals surface area contributed by atoms with Crippen molar-refractivity contribution in [2.24, 2.45) is 0 Å². The van der Waals surface area contributed by atoms with Crippen LogP contribution in [-0.2, 0) is 26.2 Å². The lowest BCUT2D eigenvalue weighted by Gasteiger charge is -2.32. The summed E-state index contributed by atoms with van der Waals surface area (Å²) in [6.45, 7) is 2.89. The highest BCUT2D eigenvalue weighted by Gasteiger charge is 2.31. The van der Waals surface area contributed by atoms with Crippen LogP contribution in [0.15, 0.2) is 36.4 Å². The second-order valence-corrected chi connectivity index (χ2v) is 10.7. The first-order valence-corrected chi connectivity index (χ1v) is 13.2. The highest BCUT2D eigenvalue weighted by molar-refractivity contribution is 7.92. The predicted octanol–water partition coefficient (Wildman–Crippen LogP) is 4.62. The number of anilines is 1. The van der Waals surface area contributed by atoms with E-state index in [4.69, 9.17) is 46.4 Å². The molecule has 0 radical (unpaired) electrons. The van der Waals surface area contributed by atoms with Gasteiger partial charge < -0.3 is 10.2 Å². The fourth-order valence-corrected chi connectivity index (χ4v) is 4.84. The maximum absolute atomic E-state index is 13.4. The zero-order valence-electron chi connectivity index (χ0n) is 18.1.